The molecule has 2 aromatic heterocycles. The molecule has 0 unspecified atom stereocenters. The van der Waals surface area contributed by atoms with Gasteiger partial charge < -0.3 is 4.90 Å². The summed E-state index contributed by atoms with van der Waals surface area (Å²) >= 11 is 0. The highest BCUT2D eigenvalue weighted by atomic mass is 16.2. The van der Waals surface area contributed by atoms with E-state index in [1.807, 2.05) is 4.90 Å². The van der Waals surface area contributed by atoms with Gasteiger partial charge in [0.25, 0.3) is 5.56 Å². The van der Waals surface area contributed by atoms with Gasteiger partial charge in [0.05, 0.1) is 6.20 Å². The van der Waals surface area contributed by atoms with E-state index >= 15 is 0 Å². The Hall–Kier alpha value is -2.22. The van der Waals surface area contributed by atoms with Crippen LogP contribution in [-0.4, -0.2) is 67.8 Å². The molecule has 0 aromatic carbocycles. The molecule has 0 saturated carbocycles. The zero-order valence-corrected chi connectivity index (χ0v) is 14.5. The summed E-state index contributed by atoms with van der Waals surface area (Å²) in [6.45, 7) is 8.68. The third-order valence-electron chi connectivity index (χ3n) is 4.37. The molecule has 130 valence electrons. The Labute approximate surface area is 140 Å². The zero-order valence-electron chi connectivity index (χ0n) is 14.5. The van der Waals surface area contributed by atoms with E-state index in [9.17, 15) is 9.59 Å². The lowest BCUT2D eigenvalue weighted by atomic mass is 10.2. The number of nitrogens with zero attached hydrogens (tertiary/aromatic N) is 6. The minimum absolute atomic E-state index is 0.0286. The van der Waals surface area contributed by atoms with Crippen molar-refractivity contribution in [3.05, 3.63) is 22.9 Å². The second kappa shape index (κ2) is 6.72. The first kappa shape index (κ1) is 16.6. The Morgan fingerprint density at radius 2 is 1.96 bits per heavy atom. The van der Waals surface area contributed by atoms with E-state index in [0.717, 1.165) is 19.6 Å². The predicted molar refractivity (Wildman–Crippen MR) is 90.6 cm³/mol. The van der Waals surface area contributed by atoms with E-state index in [-0.39, 0.29) is 18.0 Å². The molecular weight excluding hydrogens is 308 g/mol. The molecule has 8 nitrogen and oxygen atoms in total. The highest BCUT2D eigenvalue weighted by Gasteiger charge is 2.22. The number of carbonyl (C=O) groups is 1. The van der Waals surface area contributed by atoms with Gasteiger partial charge in [0, 0.05) is 39.8 Å². The number of aromatic nitrogens is 4. The van der Waals surface area contributed by atoms with Gasteiger partial charge in [-0.3, -0.25) is 23.7 Å². The van der Waals surface area contributed by atoms with Crippen LogP contribution in [0.2, 0.25) is 0 Å². The third-order valence-corrected chi connectivity index (χ3v) is 4.37. The molecule has 1 fully saturated rings. The molecule has 1 amide bonds. The number of aryl methyl sites for hydroxylation is 1. The van der Waals surface area contributed by atoms with Crippen LogP contribution in [0.3, 0.4) is 0 Å². The Morgan fingerprint density at radius 1 is 1.25 bits per heavy atom. The van der Waals surface area contributed by atoms with Crippen molar-refractivity contribution < 1.29 is 4.79 Å². The maximum atomic E-state index is 12.5. The van der Waals surface area contributed by atoms with Gasteiger partial charge >= 0.3 is 0 Å². The molecule has 0 N–H and O–H groups in total. The summed E-state index contributed by atoms with van der Waals surface area (Å²) in [7, 11) is 1.74. The van der Waals surface area contributed by atoms with Crippen LogP contribution in [0.5, 0.6) is 0 Å². The first-order chi connectivity index (χ1) is 11.5. The Balaban J connectivity index is 1.66. The molecular formula is C16H24N6O2. The fourth-order valence-corrected chi connectivity index (χ4v) is 3.12. The van der Waals surface area contributed by atoms with Gasteiger partial charge in [0.1, 0.15) is 18.3 Å². The average Bonchev–Trinajstić information content (AvgIpc) is 2.92. The summed E-state index contributed by atoms with van der Waals surface area (Å²) in [4.78, 5) is 33.4. The van der Waals surface area contributed by atoms with Crippen molar-refractivity contribution in [3.8, 4) is 0 Å². The van der Waals surface area contributed by atoms with Crippen LogP contribution in [0.1, 0.15) is 13.8 Å². The second-order valence-electron chi connectivity index (χ2n) is 6.76. The summed E-state index contributed by atoms with van der Waals surface area (Å²) in [6, 6.07) is 0. The summed E-state index contributed by atoms with van der Waals surface area (Å²) in [5.74, 6) is 0.592. The highest BCUT2D eigenvalue weighted by molar-refractivity contribution is 5.77. The van der Waals surface area contributed by atoms with Crippen molar-refractivity contribution in [2.45, 2.75) is 20.4 Å². The molecule has 1 aliphatic rings. The highest BCUT2D eigenvalue weighted by Crippen LogP contribution is 2.07. The lowest BCUT2D eigenvalue weighted by Gasteiger charge is -2.35. The fourth-order valence-electron chi connectivity index (χ4n) is 3.12. The number of piperazine rings is 1. The largest absolute Gasteiger partial charge is 0.339 e. The van der Waals surface area contributed by atoms with Gasteiger partial charge in [-0.1, -0.05) is 13.8 Å². The normalized spacial score (nSPS) is 16.2. The predicted octanol–water partition coefficient (Wildman–Crippen LogP) is -0.0698. The van der Waals surface area contributed by atoms with Gasteiger partial charge in [0.15, 0.2) is 5.65 Å². The van der Waals surface area contributed by atoms with E-state index in [1.165, 1.54) is 17.1 Å². The van der Waals surface area contributed by atoms with Gasteiger partial charge in [-0.2, -0.15) is 5.10 Å². The number of fused-ring (bicyclic) bond motifs is 1. The van der Waals surface area contributed by atoms with Crippen molar-refractivity contribution in [1.29, 1.82) is 0 Å². The quantitative estimate of drug-likeness (QED) is 0.783. The molecule has 2 aromatic rings. The van der Waals surface area contributed by atoms with Crippen LogP contribution in [0.15, 0.2) is 17.3 Å². The van der Waals surface area contributed by atoms with Crippen molar-refractivity contribution in [2.24, 2.45) is 13.0 Å². The molecule has 3 rings (SSSR count). The van der Waals surface area contributed by atoms with Gasteiger partial charge in [-0.15, -0.1) is 0 Å². The van der Waals surface area contributed by atoms with E-state index in [0.29, 0.717) is 30.0 Å². The summed E-state index contributed by atoms with van der Waals surface area (Å²) in [6.07, 6.45) is 2.93. The SMILES string of the molecule is CC(C)CN1CCN(C(=O)Cn2cnc3c(cnn3C)c2=O)CC1. The molecule has 0 spiro atoms. The fraction of sp³-hybridized carbons (Fsp3) is 0.625. The van der Waals surface area contributed by atoms with E-state index in [4.69, 9.17) is 0 Å². The maximum absolute atomic E-state index is 12.5. The monoisotopic (exact) mass is 332 g/mol. The number of hydrogen-bond donors (Lipinski definition) is 0. The van der Waals surface area contributed by atoms with Crippen LogP contribution in [0.25, 0.3) is 11.0 Å². The Kier molecular flexibility index (Phi) is 4.66. The standard InChI is InChI=1S/C16H24N6O2/c1-12(2)9-20-4-6-21(7-5-20)14(23)10-22-11-17-15-13(16(22)24)8-18-19(15)3/h8,11-12H,4-7,9-10H2,1-3H3. The molecule has 0 atom stereocenters. The van der Waals surface area contributed by atoms with Gasteiger partial charge in [-0.05, 0) is 5.92 Å². The lowest BCUT2D eigenvalue weighted by Crippen LogP contribution is -2.50. The van der Waals surface area contributed by atoms with Crippen LogP contribution in [0.4, 0.5) is 0 Å². The topological polar surface area (TPSA) is 76.3 Å². The maximum Gasteiger partial charge on any atom is 0.264 e. The van der Waals surface area contributed by atoms with E-state index in [1.54, 1.807) is 11.7 Å². The van der Waals surface area contributed by atoms with E-state index < -0.39 is 0 Å². The smallest absolute Gasteiger partial charge is 0.264 e. The molecule has 0 aliphatic carbocycles. The minimum Gasteiger partial charge on any atom is -0.339 e. The minimum atomic E-state index is -0.222. The first-order valence-electron chi connectivity index (χ1n) is 8.33. The van der Waals surface area contributed by atoms with E-state index in [2.05, 4.69) is 28.8 Å². The van der Waals surface area contributed by atoms with Crippen molar-refractivity contribution in [2.75, 3.05) is 32.7 Å². The molecule has 0 bridgehead atoms. The number of carbonyl (C=O) groups excluding carboxylic acids is 1. The van der Waals surface area contributed by atoms with Crippen LogP contribution >= 0.6 is 0 Å². The lowest BCUT2D eigenvalue weighted by molar-refractivity contribution is -0.133. The molecule has 8 heteroatoms. The number of amides is 1. The van der Waals surface area contributed by atoms with Crippen LogP contribution in [-0.2, 0) is 18.4 Å². The third kappa shape index (κ3) is 3.33. The van der Waals surface area contributed by atoms with Crippen molar-refractivity contribution >= 4 is 16.9 Å². The van der Waals surface area contributed by atoms with Gasteiger partial charge in [0.2, 0.25) is 5.91 Å². The number of rotatable bonds is 4. The Bertz CT molecular complexity index is 785. The molecule has 3 heterocycles. The zero-order chi connectivity index (χ0) is 17.3. The van der Waals surface area contributed by atoms with Crippen LogP contribution in [0, 0.1) is 5.92 Å². The Morgan fingerprint density at radius 3 is 2.62 bits per heavy atom. The van der Waals surface area contributed by atoms with Gasteiger partial charge in [-0.25, -0.2) is 4.98 Å². The summed E-state index contributed by atoms with van der Waals surface area (Å²) in [5.41, 5.74) is 0.311. The number of hydrogen-bond acceptors (Lipinski definition) is 5. The summed E-state index contributed by atoms with van der Waals surface area (Å²) in [5, 5.41) is 4.48. The van der Waals surface area contributed by atoms with Crippen LogP contribution < -0.4 is 5.56 Å². The molecule has 1 aliphatic heterocycles. The molecule has 1 saturated heterocycles. The molecule has 24 heavy (non-hydrogen) atoms. The van der Waals surface area contributed by atoms with Crippen molar-refractivity contribution in [3.63, 3.8) is 0 Å². The average molecular weight is 332 g/mol. The summed E-state index contributed by atoms with van der Waals surface area (Å²) < 4.78 is 2.92. The molecule has 0 radical (unpaired) electrons. The first-order valence-corrected chi connectivity index (χ1v) is 8.33. The van der Waals surface area contributed by atoms with Crippen molar-refractivity contribution in [1.82, 2.24) is 29.1 Å². The second-order valence-corrected chi connectivity index (χ2v) is 6.76.